The van der Waals surface area contributed by atoms with E-state index in [0.717, 1.165) is 22.7 Å². The van der Waals surface area contributed by atoms with Crippen LogP contribution in [0.5, 0.6) is 11.5 Å². The number of amides is 2. The zero-order chi connectivity index (χ0) is 36.2. The average molecular weight is 745 g/mol. The highest BCUT2D eigenvalue weighted by atomic mass is 35.5. The van der Waals surface area contributed by atoms with E-state index < -0.39 is 28.5 Å². The predicted molar refractivity (Wildman–Crippen MR) is 203 cm³/mol. The first-order valence-corrected chi connectivity index (χ1v) is 18.8. The molecule has 0 heterocycles. The number of unbranched alkanes of at least 4 members (excludes halogenated alkanes) is 1. The molecule has 0 saturated heterocycles. The molecule has 0 aromatic heterocycles. The van der Waals surface area contributed by atoms with Crippen molar-refractivity contribution in [3.8, 4) is 11.5 Å². The maximum atomic E-state index is 14.7. The Morgan fingerprint density at radius 1 is 0.784 bits per heavy atom. The number of carbonyl (C=O) groups is 2. The molecular formula is C40H39Cl2N3O5S. The van der Waals surface area contributed by atoms with E-state index in [1.807, 2.05) is 67.6 Å². The molecule has 0 aliphatic heterocycles. The molecule has 0 spiro atoms. The van der Waals surface area contributed by atoms with Crippen LogP contribution in [0.25, 0.3) is 0 Å². The standard InChI is InChI=1S/C40H39Cl2N3O5S/c1-2-3-25-43-40(47)38(26-30-13-7-4-8-14-30)44(28-31-19-20-32(41)27-37(31)42)39(46)29-45(51(48,49)36-17-11-6-12-18-36)33-21-23-35(24-22-33)50-34-15-9-5-10-16-34/h4-24,27,38H,2-3,25-26,28-29H2,1H3,(H,43,47)/t38-/m0/s1. The Morgan fingerprint density at radius 2 is 1.39 bits per heavy atom. The van der Waals surface area contributed by atoms with Gasteiger partial charge >= 0.3 is 0 Å². The Balaban J connectivity index is 1.55. The Bertz CT molecular complexity index is 2000. The summed E-state index contributed by atoms with van der Waals surface area (Å²) in [5.74, 6) is 0.147. The average Bonchev–Trinajstić information content (AvgIpc) is 3.14. The molecule has 11 heteroatoms. The van der Waals surface area contributed by atoms with Crippen LogP contribution in [0.1, 0.15) is 30.9 Å². The lowest BCUT2D eigenvalue weighted by atomic mass is 10.0. The summed E-state index contributed by atoms with van der Waals surface area (Å²) in [6, 6.07) is 36.9. The molecule has 0 unspecified atom stereocenters. The molecular weight excluding hydrogens is 705 g/mol. The van der Waals surface area contributed by atoms with E-state index in [-0.39, 0.29) is 29.5 Å². The lowest BCUT2D eigenvalue weighted by Gasteiger charge is -2.34. The van der Waals surface area contributed by atoms with E-state index in [1.54, 1.807) is 60.7 Å². The molecule has 5 rings (SSSR count). The minimum atomic E-state index is -4.26. The van der Waals surface area contributed by atoms with Crippen molar-refractivity contribution in [2.45, 2.75) is 43.7 Å². The van der Waals surface area contributed by atoms with Gasteiger partial charge in [-0.2, -0.15) is 0 Å². The number of rotatable bonds is 16. The van der Waals surface area contributed by atoms with Crippen LogP contribution in [-0.4, -0.2) is 44.3 Å². The summed E-state index contributed by atoms with van der Waals surface area (Å²) in [5.41, 5.74) is 1.62. The summed E-state index contributed by atoms with van der Waals surface area (Å²) in [7, 11) is -4.26. The lowest BCUT2D eigenvalue weighted by molar-refractivity contribution is -0.140. The number of nitrogens with zero attached hydrogens (tertiary/aromatic N) is 2. The van der Waals surface area contributed by atoms with Crippen molar-refractivity contribution in [2.24, 2.45) is 0 Å². The molecule has 5 aromatic rings. The summed E-state index contributed by atoms with van der Waals surface area (Å²) in [6.45, 7) is 1.77. The number of halogens is 2. The summed E-state index contributed by atoms with van der Waals surface area (Å²) in [4.78, 5) is 30.1. The molecule has 0 fully saturated rings. The van der Waals surface area contributed by atoms with Crippen LogP contribution < -0.4 is 14.4 Å². The molecule has 0 saturated carbocycles. The quantitative estimate of drug-likeness (QED) is 0.102. The number of hydrogen-bond acceptors (Lipinski definition) is 5. The van der Waals surface area contributed by atoms with Crippen molar-refractivity contribution in [2.75, 3.05) is 17.4 Å². The number of carbonyl (C=O) groups excluding carboxylic acids is 2. The van der Waals surface area contributed by atoms with Gasteiger partial charge in [-0.1, -0.05) is 109 Å². The largest absolute Gasteiger partial charge is 0.457 e. The summed E-state index contributed by atoms with van der Waals surface area (Å²) >= 11 is 12.8. The smallest absolute Gasteiger partial charge is 0.264 e. The Hall–Kier alpha value is -4.83. The fourth-order valence-electron chi connectivity index (χ4n) is 5.45. The van der Waals surface area contributed by atoms with Gasteiger partial charge in [0.2, 0.25) is 11.8 Å². The van der Waals surface area contributed by atoms with Crippen LogP contribution in [0.2, 0.25) is 10.0 Å². The third-order valence-corrected chi connectivity index (χ3v) is 10.5. The van der Waals surface area contributed by atoms with Crippen LogP contribution in [0.4, 0.5) is 5.69 Å². The van der Waals surface area contributed by atoms with Crippen molar-refractivity contribution >= 4 is 50.7 Å². The van der Waals surface area contributed by atoms with Crippen LogP contribution in [0.15, 0.2) is 138 Å². The monoisotopic (exact) mass is 743 g/mol. The first-order chi connectivity index (χ1) is 24.7. The van der Waals surface area contributed by atoms with Gasteiger partial charge in [0, 0.05) is 29.6 Å². The van der Waals surface area contributed by atoms with E-state index >= 15 is 0 Å². The van der Waals surface area contributed by atoms with Crippen molar-refractivity contribution in [1.29, 1.82) is 0 Å². The second-order valence-corrected chi connectivity index (χ2v) is 14.5. The van der Waals surface area contributed by atoms with E-state index in [1.165, 1.54) is 17.0 Å². The minimum Gasteiger partial charge on any atom is -0.457 e. The maximum absolute atomic E-state index is 14.7. The molecule has 0 aliphatic carbocycles. The van der Waals surface area contributed by atoms with E-state index in [9.17, 15) is 18.0 Å². The SMILES string of the molecule is CCCCNC(=O)[C@H](Cc1ccccc1)N(Cc1ccc(Cl)cc1Cl)C(=O)CN(c1ccc(Oc2ccccc2)cc1)S(=O)(=O)c1ccccc1. The third-order valence-electron chi connectivity index (χ3n) is 8.17. The van der Waals surface area contributed by atoms with Gasteiger partial charge in [0.15, 0.2) is 0 Å². The predicted octanol–water partition coefficient (Wildman–Crippen LogP) is 8.54. The van der Waals surface area contributed by atoms with Gasteiger partial charge in [-0.3, -0.25) is 13.9 Å². The van der Waals surface area contributed by atoms with Gasteiger partial charge in [-0.05, 0) is 78.2 Å². The first-order valence-electron chi connectivity index (χ1n) is 16.6. The second kappa shape index (κ2) is 17.9. The van der Waals surface area contributed by atoms with Crippen LogP contribution in [0.3, 0.4) is 0 Å². The molecule has 0 aliphatic rings. The third kappa shape index (κ3) is 10.1. The van der Waals surface area contributed by atoms with Crippen molar-refractivity contribution in [3.05, 3.63) is 155 Å². The number of benzene rings is 5. The van der Waals surface area contributed by atoms with Gasteiger partial charge in [0.05, 0.1) is 10.6 Å². The van der Waals surface area contributed by atoms with Gasteiger partial charge in [-0.25, -0.2) is 8.42 Å². The zero-order valence-corrected chi connectivity index (χ0v) is 30.4. The number of hydrogen-bond donors (Lipinski definition) is 1. The topological polar surface area (TPSA) is 96.0 Å². The van der Waals surface area contributed by atoms with Crippen LogP contribution in [-0.2, 0) is 32.6 Å². The van der Waals surface area contributed by atoms with E-state index in [0.29, 0.717) is 33.7 Å². The van der Waals surface area contributed by atoms with Crippen molar-refractivity contribution in [1.82, 2.24) is 10.2 Å². The van der Waals surface area contributed by atoms with Gasteiger partial charge in [-0.15, -0.1) is 0 Å². The highest BCUT2D eigenvalue weighted by Crippen LogP contribution is 2.30. The fourth-order valence-corrected chi connectivity index (χ4v) is 7.35. The number of anilines is 1. The van der Waals surface area contributed by atoms with Gasteiger partial charge in [0.25, 0.3) is 10.0 Å². The fraction of sp³-hybridized carbons (Fsp3) is 0.200. The molecule has 264 valence electrons. The van der Waals surface area contributed by atoms with Crippen LogP contribution >= 0.6 is 23.2 Å². The van der Waals surface area contributed by atoms with Gasteiger partial charge in [0.1, 0.15) is 24.1 Å². The normalized spacial score (nSPS) is 11.7. The molecule has 0 radical (unpaired) electrons. The van der Waals surface area contributed by atoms with Crippen molar-refractivity contribution < 1.29 is 22.7 Å². The number of sulfonamides is 1. The Morgan fingerprint density at radius 3 is 2.02 bits per heavy atom. The molecule has 5 aromatic carbocycles. The number of ether oxygens (including phenoxy) is 1. The van der Waals surface area contributed by atoms with Crippen molar-refractivity contribution in [3.63, 3.8) is 0 Å². The lowest BCUT2D eigenvalue weighted by Crippen LogP contribution is -2.53. The summed E-state index contributed by atoms with van der Waals surface area (Å²) in [5, 5.41) is 3.71. The Labute approximate surface area is 309 Å². The molecule has 8 nitrogen and oxygen atoms in total. The van der Waals surface area contributed by atoms with Gasteiger partial charge < -0.3 is 15.0 Å². The minimum absolute atomic E-state index is 0.00727. The number of para-hydroxylation sites is 1. The second-order valence-electron chi connectivity index (χ2n) is 11.8. The molecule has 1 N–H and O–H groups in total. The maximum Gasteiger partial charge on any atom is 0.264 e. The van der Waals surface area contributed by atoms with E-state index in [4.69, 9.17) is 27.9 Å². The first kappa shape index (κ1) is 37.4. The molecule has 2 amide bonds. The summed E-state index contributed by atoms with van der Waals surface area (Å²) < 4.78 is 35.6. The highest BCUT2D eigenvalue weighted by Gasteiger charge is 2.35. The zero-order valence-electron chi connectivity index (χ0n) is 28.1. The van der Waals surface area contributed by atoms with E-state index in [2.05, 4.69) is 5.32 Å². The summed E-state index contributed by atoms with van der Waals surface area (Å²) in [6.07, 6.45) is 1.81. The highest BCUT2D eigenvalue weighted by molar-refractivity contribution is 7.92. The Kier molecular flexibility index (Phi) is 13.1. The molecule has 1 atom stereocenters. The molecule has 0 bridgehead atoms. The number of nitrogens with one attached hydrogen (secondary N) is 1. The van der Waals surface area contributed by atoms with Crippen LogP contribution in [0, 0.1) is 0 Å². The molecule has 51 heavy (non-hydrogen) atoms.